The lowest BCUT2D eigenvalue weighted by Gasteiger charge is -1.97. The molecule has 1 heterocycles. The maximum absolute atomic E-state index is 13.1. The van der Waals surface area contributed by atoms with Crippen LogP contribution in [-0.2, 0) is 6.42 Å². The van der Waals surface area contributed by atoms with Crippen molar-refractivity contribution >= 4 is 0 Å². The maximum Gasteiger partial charge on any atom is 0.159 e. The molecular formula is C12H13F2N3. The Bertz CT molecular complexity index is 508. The molecular weight excluding hydrogens is 224 g/mol. The van der Waals surface area contributed by atoms with Crippen molar-refractivity contribution in [3.8, 4) is 11.3 Å². The number of benzene rings is 1. The van der Waals surface area contributed by atoms with Crippen LogP contribution in [0.5, 0.6) is 0 Å². The van der Waals surface area contributed by atoms with E-state index in [-0.39, 0.29) is 0 Å². The fraction of sp³-hybridized carbons (Fsp3) is 0.250. The first-order chi connectivity index (χ1) is 8.20. The molecule has 0 radical (unpaired) electrons. The highest BCUT2D eigenvalue weighted by Gasteiger charge is 2.07. The average Bonchev–Trinajstić information content (AvgIpc) is 2.79. The minimum absolute atomic E-state index is 0.566. The van der Waals surface area contributed by atoms with Gasteiger partial charge in [-0.05, 0) is 31.3 Å². The Balaban J connectivity index is 2.21. The molecule has 0 amide bonds. The maximum atomic E-state index is 13.1. The first kappa shape index (κ1) is 11.7. The Hall–Kier alpha value is -1.75. The summed E-state index contributed by atoms with van der Waals surface area (Å²) in [6.07, 6.45) is 0.813. The van der Waals surface area contributed by atoms with Crippen LogP contribution < -0.4 is 5.32 Å². The lowest BCUT2D eigenvalue weighted by atomic mass is 10.1. The molecule has 2 aromatic rings. The molecule has 0 saturated carbocycles. The fourth-order valence-electron chi connectivity index (χ4n) is 1.55. The second-order valence-electron chi connectivity index (χ2n) is 3.76. The smallest absolute Gasteiger partial charge is 0.159 e. The predicted molar refractivity (Wildman–Crippen MR) is 61.6 cm³/mol. The van der Waals surface area contributed by atoms with Gasteiger partial charge in [0.1, 0.15) is 0 Å². The minimum atomic E-state index is -0.859. The molecule has 5 heteroatoms. The van der Waals surface area contributed by atoms with Crippen molar-refractivity contribution in [3.63, 3.8) is 0 Å². The van der Waals surface area contributed by atoms with E-state index in [1.54, 1.807) is 0 Å². The largest absolute Gasteiger partial charge is 0.319 e. The number of hydrogen-bond acceptors (Lipinski definition) is 2. The van der Waals surface area contributed by atoms with Gasteiger partial charge in [0.15, 0.2) is 11.6 Å². The van der Waals surface area contributed by atoms with E-state index >= 15 is 0 Å². The summed E-state index contributed by atoms with van der Waals surface area (Å²) in [7, 11) is 1.87. The predicted octanol–water partition coefficient (Wildman–Crippen LogP) is 2.12. The van der Waals surface area contributed by atoms with Gasteiger partial charge in [0, 0.05) is 24.2 Å². The Morgan fingerprint density at radius 3 is 2.76 bits per heavy atom. The molecule has 0 aliphatic heterocycles. The van der Waals surface area contributed by atoms with E-state index < -0.39 is 11.6 Å². The van der Waals surface area contributed by atoms with Crippen LogP contribution in [0.15, 0.2) is 24.3 Å². The van der Waals surface area contributed by atoms with E-state index in [1.165, 1.54) is 6.07 Å². The number of likely N-dealkylation sites (N-methyl/N-ethyl adjacent to an activating group) is 1. The normalized spacial score (nSPS) is 10.8. The van der Waals surface area contributed by atoms with Crippen LogP contribution >= 0.6 is 0 Å². The van der Waals surface area contributed by atoms with Gasteiger partial charge in [-0.15, -0.1) is 0 Å². The molecule has 0 atom stereocenters. The summed E-state index contributed by atoms with van der Waals surface area (Å²) in [6.45, 7) is 0.833. The summed E-state index contributed by atoms with van der Waals surface area (Å²) < 4.78 is 25.8. The van der Waals surface area contributed by atoms with Gasteiger partial charge < -0.3 is 5.32 Å². The summed E-state index contributed by atoms with van der Waals surface area (Å²) in [5, 5.41) is 9.96. The highest BCUT2D eigenvalue weighted by Crippen LogP contribution is 2.20. The molecule has 0 aliphatic carbocycles. The van der Waals surface area contributed by atoms with Gasteiger partial charge in [-0.3, -0.25) is 5.10 Å². The topological polar surface area (TPSA) is 40.7 Å². The third-order valence-electron chi connectivity index (χ3n) is 2.49. The Morgan fingerprint density at radius 1 is 1.24 bits per heavy atom. The SMILES string of the molecule is CNCCc1cc(-c2ccc(F)c(F)c2)n[nH]1. The van der Waals surface area contributed by atoms with Crippen LogP contribution in [0, 0.1) is 11.6 Å². The molecule has 0 saturated heterocycles. The van der Waals surface area contributed by atoms with Gasteiger partial charge in [0.05, 0.1) is 5.69 Å². The van der Waals surface area contributed by atoms with Crippen LogP contribution in [0.4, 0.5) is 8.78 Å². The van der Waals surface area contributed by atoms with E-state index in [1.807, 2.05) is 13.1 Å². The highest BCUT2D eigenvalue weighted by molar-refractivity contribution is 5.59. The third-order valence-corrected chi connectivity index (χ3v) is 2.49. The van der Waals surface area contributed by atoms with E-state index in [4.69, 9.17) is 0 Å². The number of rotatable bonds is 4. The van der Waals surface area contributed by atoms with Gasteiger partial charge in [0.2, 0.25) is 0 Å². The zero-order chi connectivity index (χ0) is 12.3. The number of nitrogens with zero attached hydrogens (tertiary/aromatic N) is 1. The number of halogens is 2. The standard InChI is InChI=1S/C12H13F2N3/c1-15-5-4-9-7-12(17-16-9)8-2-3-10(13)11(14)6-8/h2-3,6-7,15H,4-5H2,1H3,(H,16,17). The van der Waals surface area contributed by atoms with Gasteiger partial charge in [-0.2, -0.15) is 5.10 Å². The molecule has 0 aliphatic rings. The van der Waals surface area contributed by atoms with Crippen LogP contribution in [-0.4, -0.2) is 23.8 Å². The summed E-state index contributed by atoms with van der Waals surface area (Å²) in [4.78, 5) is 0. The molecule has 17 heavy (non-hydrogen) atoms. The first-order valence-electron chi connectivity index (χ1n) is 5.35. The first-order valence-corrected chi connectivity index (χ1v) is 5.35. The third kappa shape index (κ3) is 2.68. The zero-order valence-corrected chi connectivity index (χ0v) is 9.43. The number of aromatic nitrogens is 2. The molecule has 0 bridgehead atoms. The summed E-state index contributed by atoms with van der Waals surface area (Å²) in [5.74, 6) is -1.71. The molecule has 1 aromatic carbocycles. The quantitative estimate of drug-likeness (QED) is 0.855. The molecule has 0 spiro atoms. The van der Waals surface area contributed by atoms with Crippen molar-refractivity contribution in [3.05, 3.63) is 41.6 Å². The van der Waals surface area contributed by atoms with E-state index in [2.05, 4.69) is 15.5 Å². The second kappa shape index (κ2) is 5.05. The highest BCUT2D eigenvalue weighted by atomic mass is 19.2. The fourth-order valence-corrected chi connectivity index (χ4v) is 1.55. The molecule has 1 aromatic heterocycles. The van der Waals surface area contributed by atoms with Gasteiger partial charge >= 0.3 is 0 Å². The average molecular weight is 237 g/mol. The number of nitrogens with one attached hydrogen (secondary N) is 2. The van der Waals surface area contributed by atoms with Crippen LogP contribution in [0.3, 0.4) is 0 Å². The monoisotopic (exact) mass is 237 g/mol. The van der Waals surface area contributed by atoms with Crippen LogP contribution in [0.25, 0.3) is 11.3 Å². The Kier molecular flexibility index (Phi) is 3.49. The lowest BCUT2D eigenvalue weighted by molar-refractivity contribution is 0.509. The van der Waals surface area contributed by atoms with Crippen molar-refractivity contribution in [1.29, 1.82) is 0 Å². The van der Waals surface area contributed by atoms with Crippen molar-refractivity contribution < 1.29 is 8.78 Å². The van der Waals surface area contributed by atoms with Crippen molar-refractivity contribution in [2.45, 2.75) is 6.42 Å². The molecule has 0 unspecified atom stereocenters. The Labute approximate surface area is 97.9 Å². The van der Waals surface area contributed by atoms with Gasteiger partial charge in [-0.1, -0.05) is 0 Å². The van der Waals surface area contributed by atoms with E-state index in [0.717, 1.165) is 30.8 Å². The van der Waals surface area contributed by atoms with Crippen LogP contribution in [0.2, 0.25) is 0 Å². The number of H-pyrrole nitrogens is 1. The molecule has 2 rings (SSSR count). The summed E-state index contributed by atoms with van der Waals surface area (Å²) in [5.41, 5.74) is 2.14. The Morgan fingerprint density at radius 2 is 2.06 bits per heavy atom. The molecule has 3 nitrogen and oxygen atoms in total. The van der Waals surface area contributed by atoms with Crippen LogP contribution in [0.1, 0.15) is 5.69 Å². The van der Waals surface area contributed by atoms with E-state index in [9.17, 15) is 8.78 Å². The van der Waals surface area contributed by atoms with Gasteiger partial charge in [-0.25, -0.2) is 8.78 Å². The van der Waals surface area contributed by atoms with Crippen molar-refractivity contribution in [2.75, 3.05) is 13.6 Å². The minimum Gasteiger partial charge on any atom is -0.319 e. The van der Waals surface area contributed by atoms with Gasteiger partial charge in [0.25, 0.3) is 0 Å². The lowest BCUT2D eigenvalue weighted by Crippen LogP contribution is -2.10. The second-order valence-corrected chi connectivity index (χ2v) is 3.76. The molecule has 2 N–H and O–H groups in total. The zero-order valence-electron chi connectivity index (χ0n) is 9.43. The molecule has 90 valence electrons. The van der Waals surface area contributed by atoms with Crippen molar-refractivity contribution in [2.24, 2.45) is 0 Å². The summed E-state index contributed by atoms with van der Waals surface area (Å²) in [6, 6.07) is 5.60. The summed E-state index contributed by atoms with van der Waals surface area (Å²) >= 11 is 0. The number of aromatic amines is 1. The van der Waals surface area contributed by atoms with E-state index in [0.29, 0.717) is 11.3 Å². The van der Waals surface area contributed by atoms with Crippen molar-refractivity contribution in [1.82, 2.24) is 15.5 Å². The molecule has 0 fully saturated rings. The number of hydrogen-bond donors (Lipinski definition) is 2.